The van der Waals surface area contributed by atoms with Gasteiger partial charge in [-0.3, -0.25) is 4.79 Å². The molecular formula is C15H22F2N2O3. The molecule has 0 atom stereocenters. The number of carbonyl (C=O) groups is 1. The smallest absolute Gasteiger partial charge is 0.387 e. The molecule has 0 aliphatic heterocycles. The first-order valence-corrected chi connectivity index (χ1v) is 7.12. The van der Waals surface area contributed by atoms with E-state index in [1.54, 1.807) is 31.0 Å². The maximum Gasteiger partial charge on any atom is 0.387 e. The van der Waals surface area contributed by atoms with Crippen molar-refractivity contribution in [1.29, 1.82) is 0 Å². The van der Waals surface area contributed by atoms with E-state index in [0.29, 0.717) is 32.5 Å². The highest BCUT2D eigenvalue weighted by Gasteiger charge is 2.14. The zero-order chi connectivity index (χ0) is 16.5. The Bertz CT molecular complexity index is 484. The lowest BCUT2D eigenvalue weighted by molar-refractivity contribution is -0.130. The van der Waals surface area contributed by atoms with Gasteiger partial charge in [-0.1, -0.05) is 6.07 Å². The minimum atomic E-state index is -2.91. The number of hydrogen-bond donors (Lipinski definition) is 1. The molecule has 0 radical (unpaired) electrons. The second-order valence-electron chi connectivity index (χ2n) is 4.73. The Kier molecular flexibility index (Phi) is 7.59. The molecule has 0 aromatic heterocycles. The number of halogens is 2. The Morgan fingerprint density at radius 3 is 2.68 bits per heavy atom. The number of alkyl halides is 2. The first-order chi connectivity index (χ1) is 10.5. The fourth-order valence-corrected chi connectivity index (χ4v) is 1.92. The highest BCUT2D eigenvalue weighted by molar-refractivity contribution is 5.75. The number of benzene rings is 1. The second kappa shape index (κ2) is 9.19. The van der Waals surface area contributed by atoms with Crippen LogP contribution in [0.3, 0.4) is 0 Å². The zero-order valence-electron chi connectivity index (χ0n) is 12.9. The number of ether oxygens (including phenoxy) is 2. The summed E-state index contributed by atoms with van der Waals surface area (Å²) in [6.45, 7) is -0.00696. The maximum atomic E-state index is 12.3. The van der Waals surface area contributed by atoms with Crippen molar-refractivity contribution in [2.75, 3.05) is 20.2 Å². The van der Waals surface area contributed by atoms with E-state index in [-0.39, 0.29) is 17.4 Å². The van der Waals surface area contributed by atoms with E-state index in [2.05, 4.69) is 4.74 Å². The van der Waals surface area contributed by atoms with Crippen molar-refractivity contribution < 1.29 is 23.0 Å². The van der Waals surface area contributed by atoms with E-state index >= 15 is 0 Å². The van der Waals surface area contributed by atoms with E-state index in [9.17, 15) is 13.6 Å². The lowest BCUT2D eigenvalue weighted by Crippen LogP contribution is -2.26. The van der Waals surface area contributed by atoms with Crippen molar-refractivity contribution in [3.05, 3.63) is 23.8 Å². The quantitative estimate of drug-likeness (QED) is 0.760. The molecule has 0 saturated carbocycles. The van der Waals surface area contributed by atoms with Gasteiger partial charge in [0.1, 0.15) is 0 Å². The normalized spacial score (nSPS) is 10.6. The third-order valence-corrected chi connectivity index (χ3v) is 2.96. The summed E-state index contributed by atoms with van der Waals surface area (Å²) in [5, 5.41) is 0. The summed E-state index contributed by atoms with van der Waals surface area (Å²) >= 11 is 0. The molecule has 2 N–H and O–H groups in total. The number of hydrogen-bond acceptors (Lipinski definition) is 4. The van der Waals surface area contributed by atoms with Crippen molar-refractivity contribution >= 4 is 5.91 Å². The number of carbonyl (C=O) groups excluding carboxylic acids is 1. The summed E-state index contributed by atoms with van der Waals surface area (Å²) in [7, 11) is 1.68. The minimum absolute atomic E-state index is 0.0160. The van der Waals surface area contributed by atoms with Crippen LogP contribution in [0.1, 0.15) is 25.3 Å². The Hall–Kier alpha value is -1.89. The van der Waals surface area contributed by atoms with Crippen molar-refractivity contribution in [1.82, 2.24) is 4.90 Å². The molecule has 0 bridgehead atoms. The molecule has 0 aliphatic carbocycles. The number of nitrogens with two attached hydrogens (primary N) is 1. The molecule has 0 spiro atoms. The van der Waals surface area contributed by atoms with Crippen LogP contribution in [-0.4, -0.2) is 37.6 Å². The molecule has 1 aromatic rings. The van der Waals surface area contributed by atoms with E-state index in [0.717, 1.165) is 5.56 Å². The standard InChI is InChI=1S/C15H22F2N2O3/c1-3-21-13-9-11(6-7-12(13)22-15(16)17)10-19(2)14(20)5-4-8-18/h6-7,9,15H,3-5,8,10,18H2,1-2H3. The molecule has 1 rings (SSSR count). The van der Waals surface area contributed by atoms with Gasteiger partial charge in [0.15, 0.2) is 11.5 Å². The largest absolute Gasteiger partial charge is 0.490 e. The molecule has 124 valence electrons. The van der Waals surface area contributed by atoms with E-state index in [1.165, 1.54) is 6.07 Å². The Morgan fingerprint density at radius 1 is 1.36 bits per heavy atom. The van der Waals surface area contributed by atoms with Crippen LogP contribution in [0.4, 0.5) is 8.78 Å². The van der Waals surface area contributed by atoms with E-state index in [4.69, 9.17) is 10.5 Å². The van der Waals surface area contributed by atoms with Crippen LogP contribution in [-0.2, 0) is 11.3 Å². The molecule has 5 nitrogen and oxygen atoms in total. The molecule has 7 heteroatoms. The van der Waals surface area contributed by atoms with Crippen LogP contribution in [0.25, 0.3) is 0 Å². The van der Waals surface area contributed by atoms with E-state index in [1.807, 2.05) is 0 Å². The zero-order valence-corrected chi connectivity index (χ0v) is 12.9. The third kappa shape index (κ3) is 5.85. The lowest BCUT2D eigenvalue weighted by Gasteiger charge is -2.18. The third-order valence-electron chi connectivity index (χ3n) is 2.96. The molecule has 0 aliphatic rings. The summed E-state index contributed by atoms with van der Waals surface area (Å²) in [6, 6.07) is 4.66. The van der Waals surface area contributed by atoms with Crippen LogP contribution in [0.2, 0.25) is 0 Å². The molecule has 22 heavy (non-hydrogen) atoms. The monoisotopic (exact) mass is 316 g/mol. The lowest BCUT2D eigenvalue weighted by atomic mass is 10.2. The van der Waals surface area contributed by atoms with Gasteiger partial charge >= 0.3 is 6.61 Å². The summed E-state index contributed by atoms with van der Waals surface area (Å²) in [5.74, 6) is 0.206. The number of amides is 1. The van der Waals surface area contributed by atoms with Crippen LogP contribution in [0, 0.1) is 0 Å². The Labute approximate surface area is 129 Å². The van der Waals surface area contributed by atoms with Crippen molar-refractivity contribution in [2.24, 2.45) is 5.73 Å². The predicted molar refractivity (Wildman–Crippen MR) is 79.0 cm³/mol. The van der Waals surface area contributed by atoms with Crippen LogP contribution in [0.15, 0.2) is 18.2 Å². The first-order valence-electron chi connectivity index (χ1n) is 7.12. The average Bonchev–Trinajstić information content (AvgIpc) is 2.47. The van der Waals surface area contributed by atoms with Gasteiger partial charge in [-0.2, -0.15) is 8.78 Å². The predicted octanol–water partition coefficient (Wildman–Crippen LogP) is 2.38. The van der Waals surface area contributed by atoms with Gasteiger partial charge in [0, 0.05) is 20.0 Å². The number of nitrogens with zero attached hydrogens (tertiary/aromatic N) is 1. The minimum Gasteiger partial charge on any atom is -0.490 e. The van der Waals surface area contributed by atoms with Crippen molar-refractivity contribution in [3.63, 3.8) is 0 Å². The summed E-state index contributed by atoms with van der Waals surface area (Å²) in [6.07, 6.45) is 1.02. The molecule has 0 unspecified atom stereocenters. The molecule has 1 aromatic carbocycles. The van der Waals surface area contributed by atoms with Gasteiger partial charge in [0.2, 0.25) is 5.91 Å². The van der Waals surface area contributed by atoms with E-state index < -0.39 is 6.61 Å². The van der Waals surface area contributed by atoms with Gasteiger partial charge in [0.05, 0.1) is 6.61 Å². The highest BCUT2D eigenvalue weighted by Crippen LogP contribution is 2.30. The van der Waals surface area contributed by atoms with Gasteiger partial charge in [-0.15, -0.1) is 0 Å². The van der Waals surface area contributed by atoms with Crippen LogP contribution >= 0.6 is 0 Å². The van der Waals surface area contributed by atoms with Crippen molar-refractivity contribution in [3.8, 4) is 11.5 Å². The summed E-state index contributed by atoms with van der Waals surface area (Å²) in [4.78, 5) is 13.4. The van der Waals surface area contributed by atoms with Crippen molar-refractivity contribution in [2.45, 2.75) is 32.9 Å². The highest BCUT2D eigenvalue weighted by atomic mass is 19.3. The summed E-state index contributed by atoms with van der Waals surface area (Å²) in [5.41, 5.74) is 6.15. The van der Waals surface area contributed by atoms with Gasteiger partial charge in [-0.25, -0.2) is 0 Å². The van der Waals surface area contributed by atoms with Crippen LogP contribution in [0.5, 0.6) is 11.5 Å². The molecule has 0 heterocycles. The number of rotatable bonds is 9. The summed E-state index contributed by atoms with van der Waals surface area (Å²) < 4.78 is 34.4. The Morgan fingerprint density at radius 2 is 2.09 bits per heavy atom. The molecule has 0 saturated heterocycles. The van der Waals surface area contributed by atoms with Gasteiger partial charge in [0.25, 0.3) is 0 Å². The second-order valence-corrected chi connectivity index (χ2v) is 4.73. The first kappa shape index (κ1) is 18.2. The van der Waals surface area contributed by atoms with Gasteiger partial charge in [-0.05, 0) is 37.6 Å². The molecule has 0 fully saturated rings. The maximum absolute atomic E-state index is 12.3. The van der Waals surface area contributed by atoms with Gasteiger partial charge < -0.3 is 20.1 Å². The van der Waals surface area contributed by atoms with Crippen LogP contribution < -0.4 is 15.2 Å². The SMILES string of the molecule is CCOc1cc(CN(C)C(=O)CCCN)ccc1OC(F)F. The fraction of sp³-hybridized carbons (Fsp3) is 0.533. The molecular weight excluding hydrogens is 294 g/mol. The Balaban J connectivity index is 2.78. The average molecular weight is 316 g/mol. The topological polar surface area (TPSA) is 64.8 Å². The molecule has 1 amide bonds. The fourth-order valence-electron chi connectivity index (χ4n) is 1.92.